The maximum atomic E-state index is 12.8. The van der Waals surface area contributed by atoms with Crippen LogP contribution >= 0.6 is 0 Å². The number of nitrogens with zero attached hydrogens (tertiary/aromatic N) is 1. The summed E-state index contributed by atoms with van der Waals surface area (Å²) < 4.78 is 0. The highest BCUT2D eigenvalue weighted by molar-refractivity contribution is 6.12. The van der Waals surface area contributed by atoms with Crippen LogP contribution < -0.4 is 11.1 Å². The molecule has 4 N–H and O–H groups in total. The number of para-hydroxylation sites is 1. The number of carbonyl (C=O) groups is 1. The summed E-state index contributed by atoms with van der Waals surface area (Å²) in [6.07, 6.45) is 5.01. The van der Waals surface area contributed by atoms with Gasteiger partial charge in [0.15, 0.2) is 5.84 Å². The van der Waals surface area contributed by atoms with Crippen molar-refractivity contribution in [1.29, 1.82) is 0 Å². The summed E-state index contributed by atoms with van der Waals surface area (Å²) in [5, 5.41) is 15.2. The summed E-state index contributed by atoms with van der Waals surface area (Å²) in [6.45, 7) is 2.05. The smallest absolute Gasteiger partial charge is 0.238 e. The normalized spacial score (nSPS) is 18.2. The van der Waals surface area contributed by atoms with E-state index in [1.54, 1.807) is 0 Å². The highest BCUT2D eigenvalue weighted by Crippen LogP contribution is 2.38. The Labute approximate surface area is 125 Å². The first-order chi connectivity index (χ1) is 10.1. The van der Waals surface area contributed by atoms with Gasteiger partial charge in [-0.15, -0.1) is 0 Å². The number of anilines is 1. The number of aryl methyl sites for hydroxylation is 1. The fraction of sp³-hybridized carbons (Fsp3) is 0.500. The number of oxime groups is 1. The Morgan fingerprint density at radius 3 is 2.62 bits per heavy atom. The van der Waals surface area contributed by atoms with E-state index in [0.29, 0.717) is 12.8 Å². The zero-order chi connectivity index (χ0) is 15.3. The van der Waals surface area contributed by atoms with Crippen molar-refractivity contribution in [2.24, 2.45) is 16.3 Å². The Hall–Kier alpha value is -2.04. The molecule has 21 heavy (non-hydrogen) atoms. The summed E-state index contributed by atoms with van der Waals surface area (Å²) in [6, 6.07) is 7.73. The standard InChI is InChI=1S/C16H23N3O2/c1-2-12-8-4-5-9-13(12)18-15(20)16(14(17)19-21)10-6-3-7-11-16/h4-5,8-9,21H,2-3,6-7,10-11H2,1H3,(H2,17,19)(H,18,20). The minimum absolute atomic E-state index is 0.0219. The average Bonchev–Trinajstić information content (AvgIpc) is 2.55. The third-order valence-corrected chi connectivity index (χ3v) is 4.39. The van der Waals surface area contributed by atoms with Gasteiger partial charge < -0.3 is 16.3 Å². The Morgan fingerprint density at radius 1 is 1.33 bits per heavy atom. The second-order valence-corrected chi connectivity index (χ2v) is 5.59. The lowest BCUT2D eigenvalue weighted by Gasteiger charge is -2.34. The Bertz CT molecular complexity index is 534. The summed E-state index contributed by atoms with van der Waals surface area (Å²) in [4.78, 5) is 12.8. The van der Waals surface area contributed by atoms with Crippen molar-refractivity contribution < 1.29 is 10.0 Å². The minimum atomic E-state index is -0.881. The number of carbonyl (C=O) groups excluding carboxylic acids is 1. The van der Waals surface area contributed by atoms with Gasteiger partial charge >= 0.3 is 0 Å². The molecule has 5 heteroatoms. The third kappa shape index (κ3) is 3.01. The fourth-order valence-corrected chi connectivity index (χ4v) is 3.04. The molecule has 2 rings (SSSR count). The van der Waals surface area contributed by atoms with Crippen LogP contribution in [0.4, 0.5) is 5.69 Å². The fourth-order valence-electron chi connectivity index (χ4n) is 3.04. The van der Waals surface area contributed by atoms with Crippen molar-refractivity contribution in [3.8, 4) is 0 Å². The highest BCUT2D eigenvalue weighted by atomic mass is 16.4. The highest BCUT2D eigenvalue weighted by Gasteiger charge is 2.44. The SMILES string of the molecule is CCc1ccccc1NC(=O)C1(C(N)=NO)CCCCC1. The number of amides is 1. The molecular weight excluding hydrogens is 266 g/mol. The number of amidine groups is 1. The molecule has 0 bridgehead atoms. The van der Waals surface area contributed by atoms with Gasteiger partial charge in [-0.05, 0) is 30.9 Å². The summed E-state index contributed by atoms with van der Waals surface area (Å²) in [7, 11) is 0. The zero-order valence-corrected chi connectivity index (χ0v) is 12.4. The van der Waals surface area contributed by atoms with Crippen LogP contribution in [0.3, 0.4) is 0 Å². The number of hydrogen-bond donors (Lipinski definition) is 3. The molecule has 1 aromatic rings. The molecule has 0 atom stereocenters. The molecule has 1 aliphatic rings. The number of hydrogen-bond acceptors (Lipinski definition) is 3. The van der Waals surface area contributed by atoms with Crippen LogP contribution in [0.1, 0.15) is 44.6 Å². The lowest BCUT2D eigenvalue weighted by Crippen LogP contribution is -2.48. The number of nitrogens with one attached hydrogen (secondary N) is 1. The molecule has 114 valence electrons. The molecule has 1 aromatic carbocycles. The van der Waals surface area contributed by atoms with E-state index in [-0.39, 0.29) is 11.7 Å². The Kier molecular flexibility index (Phi) is 4.83. The lowest BCUT2D eigenvalue weighted by molar-refractivity contribution is -0.123. The van der Waals surface area contributed by atoms with Crippen LogP contribution in [0.25, 0.3) is 0 Å². The molecule has 0 aromatic heterocycles. The van der Waals surface area contributed by atoms with Gasteiger partial charge in [0, 0.05) is 5.69 Å². The van der Waals surface area contributed by atoms with E-state index in [0.717, 1.165) is 36.9 Å². The molecule has 1 aliphatic carbocycles. The molecule has 1 saturated carbocycles. The number of rotatable bonds is 4. The van der Waals surface area contributed by atoms with Crippen molar-refractivity contribution in [3.63, 3.8) is 0 Å². The van der Waals surface area contributed by atoms with Crippen molar-refractivity contribution in [2.75, 3.05) is 5.32 Å². The molecule has 0 aliphatic heterocycles. The molecule has 0 unspecified atom stereocenters. The van der Waals surface area contributed by atoms with Crippen LogP contribution in [-0.4, -0.2) is 17.0 Å². The minimum Gasteiger partial charge on any atom is -0.409 e. The number of benzene rings is 1. The molecular formula is C16H23N3O2. The first-order valence-corrected chi connectivity index (χ1v) is 7.51. The van der Waals surface area contributed by atoms with E-state index >= 15 is 0 Å². The largest absolute Gasteiger partial charge is 0.409 e. The van der Waals surface area contributed by atoms with E-state index in [1.165, 1.54) is 0 Å². The first-order valence-electron chi connectivity index (χ1n) is 7.51. The Morgan fingerprint density at radius 2 is 2.00 bits per heavy atom. The van der Waals surface area contributed by atoms with Crippen LogP contribution in [0.5, 0.6) is 0 Å². The summed E-state index contributed by atoms with van der Waals surface area (Å²) in [5.41, 5.74) is 6.85. The summed E-state index contributed by atoms with van der Waals surface area (Å²) in [5.74, 6) is -0.146. The molecule has 1 amide bonds. The van der Waals surface area contributed by atoms with E-state index in [9.17, 15) is 4.79 Å². The molecule has 0 heterocycles. The first kappa shape index (κ1) is 15.4. The molecule has 0 saturated heterocycles. The Balaban J connectivity index is 2.27. The third-order valence-electron chi connectivity index (χ3n) is 4.39. The summed E-state index contributed by atoms with van der Waals surface area (Å²) >= 11 is 0. The molecule has 0 radical (unpaired) electrons. The topological polar surface area (TPSA) is 87.7 Å². The predicted octanol–water partition coefficient (Wildman–Crippen LogP) is 2.88. The van der Waals surface area contributed by atoms with E-state index in [4.69, 9.17) is 10.9 Å². The average molecular weight is 289 g/mol. The maximum absolute atomic E-state index is 12.8. The van der Waals surface area contributed by atoms with Crippen molar-refractivity contribution >= 4 is 17.4 Å². The lowest BCUT2D eigenvalue weighted by atomic mass is 9.72. The zero-order valence-electron chi connectivity index (χ0n) is 12.4. The van der Waals surface area contributed by atoms with Gasteiger partial charge in [-0.25, -0.2) is 0 Å². The van der Waals surface area contributed by atoms with E-state index in [1.807, 2.05) is 31.2 Å². The van der Waals surface area contributed by atoms with Crippen molar-refractivity contribution in [1.82, 2.24) is 0 Å². The van der Waals surface area contributed by atoms with Gasteiger partial charge in [-0.2, -0.15) is 0 Å². The number of nitrogens with two attached hydrogens (primary N) is 1. The molecule has 5 nitrogen and oxygen atoms in total. The van der Waals surface area contributed by atoms with Gasteiger partial charge in [0.05, 0.1) is 0 Å². The predicted molar refractivity (Wildman–Crippen MR) is 83.4 cm³/mol. The monoisotopic (exact) mass is 289 g/mol. The maximum Gasteiger partial charge on any atom is 0.238 e. The van der Waals surface area contributed by atoms with Gasteiger partial charge in [0.2, 0.25) is 5.91 Å². The van der Waals surface area contributed by atoms with Crippen LogP contribution in [0.2, 0.25) is 0 Å². The van der Waals surface area contributed by atoms with Gasteiger partial charge in [0.1, 0.15) is 5.41 Å². The van der Waals surface area contributed by atoms with Crippen LogP contribution in [0, 0.1) is 5.41 Å². The van der Waals surface area contributed by atoms with Crippen molar-refractivity contribution in [3.05, 3.63) is 29.8 Å². The van der Waals surface area contributed by atoms with Gasteiger partial charge in [0.25, 0.3) is 0 Å². The van der Waals surface area contributed by atoms with Crippen LogP contribution in [0.15, 0.2) is 29.4 Å². The quantitative estimate of drug-likeness (QED) is 0.345. The van der Waals surface area contributed by atoms with Crippen LogP contribution in [-0.2, 0) is 11.2 Å². The van der Waals surface area contributed by atoms with Gasteiger partial charge in [-0.3, -0.25) is 4.79 Å². The van der Waals surface area contributed by atoms with E-state index < -0.39 is 5.41 Å². The van der Waals surface area contributed by atoms with Crippen molar-refractivity contribution in [2.45, 2.75) is 45.4 Å². The van der Waals surface area contributed by atoms with E-state index in [2.05, 4.69) is 10.5 Å². The second-order valence-electron chi connectivity index (χ2n) is 5.59. The second kappa shape index (κ2) is 6.61. The van der Waals surface area contributed by atoms with Gasteiger partial charge in [-0.1, -0.05) is 49.5 Å². The molecule has 0 spiro atoms. The molecule has 1 fully saturated rings.